The fourth-order valence-corrected chi connectivity index (χ4v) is 2.28. The number of ether oxygens (including phenoxy) is 1. The van der Waals surface area contributed by atoms with Crippen molar-refractivity contribution in [2.45, 2.75) is 58.8 Å². The minimum Gasteiger partial charge on any atom is -0.493 e. The molecule has 0 atom stereocenters. The van der Waals surface area contributed by atoms with Crippen LogP contribution in [0.5, 0.6) is 5.75 Å². The molecule has 0 aromatic heterocycles. The van der Waals surface area contributed by atoms with Crippen LogP contribution in [0.1, 0.15) is 56.6 Å². The first kappa shape index (κ1) is 13.5. The molecule has 1 aliphatic carbocycles. The van der Waals surface area contributed by atoms with Crippen molar-refractivity contribution in [3.63, 3.8) is 0 Å². The summed E-state index contributed by atoms with van der Waals surface area (Å²) in [5.74, 6) is 1.88. The van der Waals surface area contributed by atoms with E-state index in [-0.39, 0.29) is 0 Å². The van der Waals surface area contributed by atoms with E-state index in [1.165, 1.54) is 56.1 Å². The minimum absolute atomic E-state index is 0.832. The van der Waals surface area contributed by atoms with Crippen LogP contribution in [0, 0.1) is 12.8 Å². The van der Waals surface area contributed by atoms with Crippen LogP contribution in [0.3, 0.4) is 0 Å². The lowest BCUT2D eigenvalue weighted by atomic mass is 10.0. The second-order valence-corrected chi connectivity index (χ2v) is 5.65. The number of hydrogen-bond donors (Lipinski definition) is 0. The first-order valence-electron chi connectivity index (χ1n) is 7.52. The van der Waals surface area contributed by atoms with E-state index in [1.54, 1.807) is 0 Å². The second kappa shape index (κ2) is 6.82. The van der Waals surface area contributed by atoms with Crippen LogP contribution in [0.4, 0.5) is 0 Å². The zero-order chi connectivity index (χ0) is 12.8. The van der Waals surface area contributed by atoms with Gasteiger partial charge in [-0.15, -0.1) is 0 Å². The lowest BCUT2D eigenvalue weighted by molar-refractivity contribution is 0.299. The van der Waals surface area contributed by atoms with E-state index in [0.29, 0.717) is 0 Å². The molecule has 100 valence electrons. The van der Waals surface area contributed by atoms with Gasteiger partial charge in [0.05, 0.1) is 6.61 Å². The average Bonchev–Trinajstić information content (AvgIpc) is 3.18. The largest absolute Gasteiger partial charge is 0.493 e. The Balaban J connectivity index is 1.79. The van der Waals surface area contributed by atoms with Crippen LogP contribution >= 0.6 is 0 Å². The van der Waals surface area contributed by atoms with E-state index in [4.69, 9.17) is 4.74 Å². The maximum Gasteiger partial charge on any atom is 0.119 e. The van der Waals surface area contributed by atoms with E-state index < -0.39 is 0 Å². The summed E-state index contributed by atoms with van der Waals surface area (Å²) in [6, 6.07) is 6.60. The fourth-order valence-electron chi connectivity index (χ4n) is 2.28. The molecule has 1 aromatic rings. The Labute approximate surface area is 112 Å². The number of rotatable bonds is 8. The van der Waals surface area contributed by atoms with Crippen LogP contribution < -0.4 is 4.74 Å². The SMILES string of the molecule is CCCCCCc1ccc(OCC2CC2)cc1C. The zero-order valence-corrected chi connectivity index (χ0v) is 11.9. The zero-order valence-electron chi connectivity index (χ0n) is 11.9. The van der Waals surface area contributed by atoms with Gasteiger partial charge < -0.3 is 4.74 Å². The average molecular weight is 246 g/mol. The first-order chi connectivity index (χ1) is 8.79. The summed E-state index contributed by atoms with van der Waals surface area (Å²) in [6.07, 6.45) is 9.28. The van der Waals surface area contributed by atoms with E-state index in [9.17, 15) is 0 Å². The summed E-state index contributed by atoms with van der Waals surface area (Å²) >= 11 is 0. The molecule has 0 bridgehead atoms. The highest BCUT2D eigenvalue weighted by atomic mass is 16.5. The van der Waals surface area contributed by atoms with Gasteiger partial charge in [-0.05, 0) is 61.8 Å². The van der Waals surface area contributed by atoms with Crippen LogP contribution in [0.15, 0.2) is 18.2 Å². The molecule has 1 fully saturated rings. The molecule has 0 unspecified atom stereocenters. The van der Waals surface area contributed by atoms with Gasteiger partial charge in [0, 0.05) is 0 Å². The van der Waals surface area contributed by atoms with Crippen LogP contribution in [-0.4, -0.2) is 6.61 Å². The Bertz CT molecular complexity index is 366. The molecule has 0 radical (unpaired) electrons. The van der Waals surface area contributed by atoms with Crippen molar-refractivity contribution < 1.29 is 4.74 Å². The second-order valence-electron chi connectivity index (χ2n) is 5.65. The fraction of sp³-hybridized carbons (Fsp3) is 0.647. The van der Waals surface area contributed by atoms with Crippen molar-refractivity contribution in [2.24, 2.45) is 5.92 Å². The lowest BCUT2D eigenvalue weighted by Gasteiger charge is -2.10. The summed E-state index contributed by atoms with van der Waals surface area (Å²) in [5.41, 5.74) is 2.88. The lowest BCUT2D eigenvalue weighted by Crippen LogP contribution is -2.00. The van der Waals surface area contributed by atoms with Gasteiger partial charge >= 0.3 is 0 Å². The quantitative estimate of drug-likeness (QED) is 0.592. The van der Waals surface area contributed by atoms with Gasteiger partial charge in [0.25, 0.3) is 0 Å². The normalized spacial score (nSPS) is 14.8. The number of unbranched alkanes of at least 4 members (excludes halogenated alkanes) is 3. The van der Waals surface area contributed by atoms with E-state index in [1.807, 2.05) is 0 Å². The van der Waals surface area contributed by atoms with Crippen molar-refractivity contribution in [1.29, 1.82) is 0 Å². The molecule has 0 amide bonds. The van der Waals surface area contributed by atoms with Gasteiger partial charge in [0.2, 0.25) is 0 Å². The molecule has 1 aliphatic rings. The van der Waals surface area contributed by atoms with Gasteiger partial charge in [-0.3, -0.25) is 0 Å². The van der Waals surface area contributed by atoms with Crippen LogP contribution in [0.2, 0.25) is 0 Å². The molecule has 18 heavy (non-hydrogen) atoms. The van der Waals surface area contributed by atoms with Crippen molar-refractivity contribution in [1.82, 2.24) is 0 Å². The Morgan fingerprint density at radius 1 is 1.17 bits per heavy atom. The Morgan fingerprint density at radius 3 is 2.67 bits per heavy atom. The topological polar surface area (TPSA) is 9.23 Å². The van der Waals surface area contributed by atoms with E-state index in [0.717, 1.165) is 18.3 Å². The van der Waals surface area contributed by atoms with Crippen molar-refractivity contribution >= 4 is 0 Å². The van der Waals surface area contributed by atoms with Crippen molar-refractivity contribution in [3.05, 3.63) is 29.3 Å². The molecule has 0 aliphatic heterocycles. The van der Waals surface area contributed by atoms with E-state index >= 15 is 0 Å². The predicted molar refractivity (Wildman–Crippen MR) is 77.2 cm³/mol. The van der Waals surface area contributed by atoms with Gasteiger partial charge in [-0.1, -0.05) is 32.3 Å². The third-order valence-electron chi connectivity index (χ3n) is 3.80. The predicted octanol–water partition coefficient (Wildman–Crippen LogP) is 4.91. The molecule has 0 spiro atoms. The van der Waals surface area contributed by atoms with Gasteiger partial charge in [0.15, 0.2) is 0 Å². The molecule has 1 nitrogen and oxygen atoms in total. The molecule has 0 N–H and O–H groups in total. The van der Waals surface area contributed by atoms with Gasteiger partial charge in [-0.25, -0.2) is 0 Å². The minimum atomic E-state index is 0.832. The third kappa shape index (κ3) is 4.36. The summed E-state index contributed by atoms with van der Waals surface area (Å²) < 4.78 is 5.81. The highest BCUT2D eigenvalue weighted by molar-refractivity contribution is 5.34. The summed E-state index contributed by atoms with van der Waals surface area (Å²) in [5, 5.41) is 0. The molecular formula is C17H26O. The molecule has 0 saturated heterocycles. The third-order valence-corrected chi connectivity index (χ3v) is 3.80. The molecular weight excluding hydrogens is 220 g/mol. The Hall–Kier alpha value is -0.980. The maximum absolute atomic E-state index is 5.81. The van der Waals surface area contributed by atoms with Crippen LogP contribution in [0.25, 0.3) is 0 Å². The Morgan fingerprint density at radius 2 is 2.00 bits per heavy atom. The molecule has 1 aromatic carbocycles. The molecule has 1 heteroatoms. The van der Waals surface area contributed by atoms with Crippen molar-refractivity contribution in [3.8, 4) is 5.75 Å². The van der Waals surface area contributed by atoms with Crippen LogP contribution in [-0.2, 0) is 6.42 Å². The number of aryl methyl sites for hydroxylation is 2. The van der Waals surface area contributed by atoms with Crippen molar-refractivity contribution in [2.75, 3.05) is 6.61 Å². The molecule has 1 saturated carbocycles. The Kier molecular flexibility index (Phi) is 5.10. The summed E-state index contributed by atoms with van der Waals surface area (Å²) in [6.45, 7) is 5.38. The molecule has 0 heterocycles. The number of hydrogen-bond acceptors (Lipinski definition) is 1. The molecule has 2 rings (SSSR count). The summed E-state index contributed by atoms with van der Waals surface area (Å²) in [4.78, 5) is 0. The van der Waals surface area contributed by atoms with Gasteiger partial charge in [-0.2, -0.15) is 0 Å². The smallest absolute Gasteiger partial charge is 0.119 e. The van der Waals surface area contributed by atoms with Gasteiger partial charge in [0.1, 0.15) is 5.75 Å². The highest BCUT2D eigenvalue weighted by Crippen LogP contribution is 2.30. The summed E-state index contributed by atoms with van der Waals surface area (Å²) in [7, 11) is 0. The standard InChI is InChI=1S/C17H26O/c1-3-4-5-6-7-16-10-11-17(12-14(16)2)18-13-15-8-9-15/h10-12,15H,3-9,13H2,1-2H3. The monoisotopic (exact) mass is 246 g/mol. The maximum atomic E-state index is 5.81. The first-order valence-corrected chi connectivity index (χ1v) is 7.52. The van der Waals surface area contributed by atoms with E-state index in [2.05, 4.69) is 32.0 Å². The number of benzene rings is 1. The highest BCUT2D eigenvalue weighted by Gasteiger charge is 2.21.